The molecule has 3 N–H and O–H groups in total. The van der Waals surface area contributed by atoms with E-state index in [9.17, 15) is 4.79 Å². The van der Waals surface area contributed by atoms with Crippen molar-refractivity contribution in [3.8, 4) is 0 Å². The third kappa shape index (κ3) is 2.03. The monoisotopic (exact) mass is 372 g/mol. The van der Waals surface area contributed by atoms with Gasteiger partial charge in [0, 0.05) is 14.6 Å². The van der Waals surface area contributed by atoms with E-state index < -0.39 is 0 Å². The van der Waals surface area contributed by atoms with Crippen molar-refractivity contribution < 1.29 is 0 Å². The van der Waals surface area contributed by atoms with Crippen LogP contribution in [0, 0.1) is 3.57 Å². The molecule has 92 valence electrons. The molecule has 1 aromatic carbocycles. The first-order valence-corrected chi connectivity index (χ1v) is 7.17. The number of aromatic amines is 1. The second-order valence-corrected chi connectivity index (χ2v) is 5.95. The smallest absolute Gasteiger partial charge is 0.304 e. The minimum absolute atomic E-state index is 0.0532. The lowest BCUT2D eigenvalue weighted by Crippen LogP contribution is -2.06. The highest BCUT2D eigenvalue weighted by molar-refractivity contribution is 14.1. The molecule has 0 atom stereocenters. The number of anilines is 1. The number of aromatic nitrogens is 3. The van der Waals surface area contributed by atoms with Gasteiger partial charge in [-0.3, -0.25) is 4.79 Å². The van der Waals surface area contributed by atoms with Gasteiger partial charge in [0.2, 0.25) is 5.95 Å². The highest BCUT2D eigenvalue weighted by Crippen LogP contribution is 2.21. The molecule has 0 aliphatic heterocycles. The van der Waals surface area contributed by atoms with Crippen molar-refractivity contribution in [3.63, 3.8) is 0 Å². The third-order valence-corrected chi connectivity index (χ3v) is 4.03. The number of nitrogens with two attached hydrogens (primary N) is 1. The Kier molecular flexibility index (Phi) is 2.86. The Balaban J connectivity index is 2.11. The number of halogens is 1. The van der Waals surface area contributed by atoms with Gasteiger partial charge in [-0.2, -0.15) is 0 Å². The van der Waals surface area contributed by atoms with Crippen LogP contribution in [-0.2, 0) is 6.54 Å². The number of nitrogen functional groups attached to an aromatic ring is 1. The van der Waals surface area contributed by atoms with Gasteiger partial charge in [-0.05, 0) is 40.8 Å². The number of fused-ring (bicyclic) bond motifs is 1. The number of rotatable bonds is 2. The Morgan fingerprint density at radius 3 is 3.06 bits per heavy atom. The van der Waals surface area contributed by atoms with E-state index in [4.69, 9.17) is 5.73 Å². The zero-order valence-electron chi connectivity index (χ0n) is 9.18. The molecule has 7 heteroatoms. The molecule has 0 amide bonds. The molecule has 0 spiro atoms. The van der Waals surface area contributed by atoms with Crippen LogP contribution in [0.1, 0.15) is 5.69 Å². The van der Waals surface area contributed by atoms with Crippen molar-refractivity contribution in [3.05, 3.63) is 42.5 Å². The fraction of sp³-hybridized carbons (Fsp3) is 0.0909. The molecule has 2 heterocycles. The average molecular weight is 372 g/mol. The molecule has 0 fully saturated rings. The molecule has 0 radical (unpaired) electrons. The zero-order valence-corrected chi connectivity index (χ0v) is 12.2. The summed E-state index contributed by atoms with van der Waals surface area (Å²) in [5.74, 6) is 0.457. The van der Waals surface area contributed by atoms with Gasteiger partial charge in [-0.15, -0.1) is 0 Å². The van der Waals surface area contributed by atoms with Crippen molar-refractivity contribution in [2.24, 2.45) is 0 Å². The first-order valence-electron chi connectivity index (χ1n) is 5.21. The SMILES string of the molecule is Nc1nc2cc(I)ccc2n1Cc1csc(=O)[nH]1. The number of benzene rings is 1. The Labute approximate surface area is 120 Å². The summed E-state index contributed by atoms with van der Waals surface area (Å²) in [4.78, 5) is 18.2. The van der Waals surface area contributed by atoms with Crippen molar-refractivity contribution in [2.75, 3.05) is 5.73 Å². The molecular weight excluding hydrogens is 363 g/mol. The zero-order chi connectivity index (χ0) is 12.7. The van der Waals surface area contributed by atoms with Crippen molar-refractivity contribution >= 4 is 50.9 Å². The average Bonchev–Trinajstić information content (AvgIpc) is 2.84. The van der Waals surface area contributed by atoms with E-state index in [0.717, 1.165) is 31.6 Å². The second-order valence-electron chi connectivity index (χ2n) is 3.86. The first-order chi connectivity index (χ1) is 8.63. The lowest BCUT2D eigenvalue weighted by Gasteiger charge is -2.04. The van der Waals surface area contributed by atoms with Crippen LogP contribution >= 0.6 is 33.9 Å². The maximum absolute atomic E-state index is 11.1. The lowest BCUT2D eigenvalue weighted by atomic mass is 10.3. The van der Waals surface area contributed by atoms with Gasteiger partial charge in [-0.1, -0.05) is 11.3 Å². The fourth-order valence-electron chi connectivity index (χ4n) is 1.85. The van der Waals surface area contributed by atoms with Crippen molar-refractivity contribution in [1.29, 1.82) is 0 Å². The van der Waals surface area contributed by atoms with Crippen molar-refractivity contribution in [2.45, 2.75) is 6.54 Å². The Bertz CT molecular complexity index is 773. The van der Waals surface area contributed by atoms with Crippen LogP contribution < -0.4 is 10.6 Å². The molecule has 0 saturated heterocycles. The summed E-state index contributed by atoms with van der Waals surface area (Å²) in [6.07, 6.45) is 0. The fourth-order valence-corrected chi connectivity index (χ4v) is 2.90. The van der Waals surface area contributed by atoms with Crippen LogP contribution in [0.3, 0.4) is 0 Å². The highest BCUT2D eigenvalue weighted by Gasteiger charge is 2.09. The predicted molar refractivity (Wildman–Crippen MR) is 80.9 cm³/mol. The molecule has 2 aromatic heterocycles. The van der Waals surface area contributed by atoms with Gasteiger partial charge in [0.05, 0.1) is 17.6 Å². The predicted octanol–water partition coefficient (Wildman–Crippen LogP) is 2.02. The van der Waals surface area contributed by atoms with E-state index in [-0.39, 0.29) is 4.87 Å². The summed E-state index contributed by atoms with van der Waals surface area (Å²) >= 11 is 3.39. The van der Waals surface area contributed by atoms with Crippen LogP contribution in [0.4, 0.5) is 5.95 Å². The summed E-state index contributed by atoms with van der Waals surface area (Å²) < 4.78 is 3.01. The number of thiazole rings is 1. The number of hydrogen-bond acceptors (Lipinski definition) is 4. The maximum atomic E-state index is 11.1. The number of nitrogens with one attached hydrogen (secondary N) is 1. The number of hydrogen-bond donors (Lipinski definition) is 2. The summed E-state index contributed by atoms with van der Waals surface area (Å²) in [6, 6.07) is 5.99. The second kappa shape index (κ2) is 4.39. The van der Waals surface area contributed by atoms with Crippen LogP contribution in [0.25, 0.3) is 11.0 Å². The standard InChI is InChI=1S/C11H9IN4OS/c12-6-1-2-9-8(3-6)15-10(13)16(9)4-7-5-18-11(17)14-7/h1-3,5H,4H2,(H2,13,15)(H,14,17). The quantitative estimate of drug-likeness (QED) is 0.676. The van der Waals surface area contributed by atoms with E-state index in [0.29, 0.717) is 12.5 Å². The Morgan fingerprint density at radius 2 is 2.33 bits per heavy atom. The van der Waals surface area contributed by atoms with Gasteiger partial charge in [0.15, 0.2) is 0 Å². The summed E-state index contributed by atoms with van der Waals surface area (Å²) in [5.41, 5.74) is 8.61. The third-order valence-electron chi connectivity index (χ3n) is 2.64. The Morgan fingerprint density at radius 1 is 1.50 bits per heavy atom. The van der Waals surface area contributed by atoms with E-state index in [1.165, 1.54) is 0 Å². The number of nitrogens with zero attached hydrogens (tertiary/aromatic N) is 2. The molecule has 0 bridgehead atoms. The topological polar surface area (TPSA) is 76.7 Å². The van der Waals surface area contributed by atoms with E-state index in [2.05, 4.69) is 32.6 Å². The largest absolute Gasteiger partial charge is 0.369 e. The molecule has 0 aliphatic carbocycles. The molecular formula is C11H9IN4OS. The minimum atomic E-state index is -0.0532. The normalized spacial score (nSPS) is 11.2. The number of H-pyrrole nitrogens is 1. The van der Waals surface area contributed by atoms with Gasteiger partial charge in [0.1, 0.15) is 0 Å². The molecule has 3 rings (SSSR count). The van der Waals surface area contributed by atoms with Crippen LogP contribution in [0.5, 0.6) is 0 Å². The van der Waals surface area contributed by atoms with Gasteiger partial charge in [-0.25, -0.2) is 4.98 Å². The van der Waals surface area contributed by atoms with Gasteiger partial charge in [0.25, 0.3) is 0 Å². The molecule has 5 nitrogen and oxygen atoms in total. The van der Waals surface area contributed by atoms with Crippen LogP contribution in [0.15, 0.2) is 28.4 Å². The minimum Gasteiger partial charge on any atom is -0.369 e. The van der Waals surface area contributed by atoms with Gasteiger partial charge < -0.3 is 15.3 Å². The molecule has 0 aliphatic rings. The highest BCUT2D eigenvalue weighted by atomic mass is 127. The van der Waals surface area contributed by atoms with Gasteiger partial charge >= 0.3 is 4.87 Å². The van der Waals surface area contributed by atoms with Crippen LogP contribution in [-0.4, -0.2) is 14.5 Å². The molecule has 3 aromatic rings. The summed E-state index contributed by atoms with van der Waals surface area (Å²) in [7, 11) is 0. The number of imidazole rings is 1. The van der Waals surface area contributed by atoms with E-state index >= 15 is 0 Å². The molecule has 0 saturated carbocycles. The van der Waals surface area contributed by atoms with Crippen LogP contribution in [0.2, 0.25) is 0 Å². The lowest BCUT2D eigenvalue weighted by molar-refractivity contribution is 0.814. The van der Waals surface area contributed by atoms with E-state index in [1.54, 1.807) is 5.38 Å². The van der Waals surface area contributed by atoms with E-state index in [1.807, 2.05) is 22.8 Å². The molecule has 18 heavy (non-hydrogen) atoms. The maximum Gasteiger partial charge on any atom is 0.304 e. The first kappa shape index (κ1) is 11.7. The summed E-state index contributed by atoms with van der Waals surface area (Å²) in [5, 5.41) is 1.81. The summed E-state index contributed by atoms with van der Waals surface area (Å²) in [6.45, 7) is 0.529. The van der Waals surface area contributed by atoms with Crippen molar-refractivity contribution in [1.82, 2.24) is 14.5 Å². The Hall–Kier alpha value is -1.35. The molecule has 0 unspecified atom stereocenters.